The van der Waals surface area contributed by atoms with Gasteiger partial charge in [-0.25, -0.2) is 0 Å². The minimum Gasteiger partial charge on any atom is -0.382 e. The van der Waals surface area contributed by atoms with Gasteiger partial charge in [0.05, 0.1) is 32.5 Å². The van der Waals surface area contributed by atoms with E-state index in [0.717, 1.165) is 19.7 Å². The molecule has 0 bridgehead atoms. The zero-order valence-corrected chi connectivity index (χ0v) is 10.1. The SMILES string of the molecule is COCCOCC1CN(C(C)C)CCO1. The smallest absolute Gasteiger partial charge is 0.0935 e. The third-order valence-electron chi connectivity index (χ3n) is 2.64. The second kappa shape index (κ2) is 7.17. The summed E-state index contributed by atoms with van der Waals surface area (Å²) < 4.78 is 16.0. The highest BCUT2D eigenvalue weighted by atomic mass is 16.5. The van der Waals surface area contributed by atoms with Gasteiger partial charge in [-0.3, -0.25) is 4.90 Å². The van der Waals surface area contributed by atoms with E-state index >= 15 is 0 Å². The van der Waals surface area contributed by atoms with Crippen LogP contribution < -0.4 is 0 Å². The van der Waals surface area contributed by atoms with E-state index in [4.69, 9.17) is 14.2 Å². The van der Waals surface area contributed by atoms with Gasteiger partial charge >= 0.3 is 0 Å². The third kappa shape index (κ3) is 4.93. The molecule has 0 aromatic rings. The molecule has 1 heterocycles. The van der Waals surface area contributed by atoms with E-state index in [1.165, 1.54) is 0 Å². The monoisotopic (exact) mass is 217 g/mol. The lowest BCUT2D eigenvalue weighted by Crippen LogP contribution is -2.47. The largest absolute Gasteiger partial charge is 0.382 e. The number of morpholine rings is 1. The van der Waals surface area contributed by atoms with E-state index < -0.39 is 0 Å². The third-order valence-corrected chi connectivity index (χ3v) is 2.64. The van der Waals surface area contributed by atoms with Gasteiger partial charge in [-0.15, -0.1) is 0 Å². The van der Waals surface area contributed by atoms with Gasteiger partial charge < -0.3 is 14.2 Å². The lowest BCUT2D eigenvalue weighted by atomic mass is 10.2. The minimum atomic E-state index is 0.220. The summed E-state index contributed by atoms with van der Waals surface area (Å²) in [6.07, 6.45) is 0.220. The Hall–Kier alpha value is -0.160. The van der Waals surface area contributed by atoms with Crippen LogP contribution in [0.2, 0.25) is 0 Å². The van der Waals surface area contributed by atoms with Gasteiger partial charge in [-0.05, 0) is 13.8 Å². The molecule has 15 heavy (non-hydrogen) atoms. The summed E-state index contributed by atoms with van der Waals surface area (Å²) in [6.45, 7) is 9.24. The fourth-order valence-electron chi connectivity index (χ4n) is 1.67. The van der Waals surface area contributed by atoms with Gasteiger partial charge in [-0.2, -0.15) is 0 Å². The Morgan fingerprint density at radius 1 is 1.40 bits per heavy atom. The van der Waals surface area contributed by atoms with Gasteiger partial charge in [0.2, 0.25) is 0 Å². The van der Waals surface area contributed by atoms with Gasteiger partial charge in [0.1, 0.15) is 0 Å². The van der Waals surface area contributed by atoms with Crippen molar-refractivity contribution in [3.63, 3.8) is 0 Å². The first-order valence-corrected chi connectivity index (χ1v) is 5.66. The van der Waals surface area contributed by atoms with Gasteiger partial charge in [0.15, 0.2) is 0 Å². The molecule has 0 N–H and O–H groups in total. The Morgan fingerprint density at radius 2 is 2.20 bits per heavy atom. The molecule has 1 aliphatic rings. The second-order valence-corrected chi connectivity index (χ2v) is 4.15. The molecule has 1 unspecified atom stereocenters. The van der Waals surface area contributed by atoms with E-state index in [1.54, 1.807) is 7.11 Å². The average Bonchev–Trinajstić information content (AvgIpc) is 2.25. The number of methoxy groups -OCH3 is 1. The van der Waals surface area contributed by atoms with Crippen molar-refractivity contribution in [3.8, 4) is 0 Å². The lowest BCUT2D eigenvalue weighted by Gasteiger charge is -2.35. The fourth-order valence-corrected chi connectivity index (χ4v) is 1.67. The number of hydrogen-bond acceptors (Lipinski definition) is 4. The number of nitrogens with zero attached hydrogens (tertiary/aromatic N) is 1. The van der Waals surface area contributed by atoms with E-state index in [-0.39, 0.29) is 6.10 Å². The summed E-state index contributed by atoms with van der Waals surface area (Å²) in [5.74, 6) is 0. The van der Waals surface area contributed by atoms with Gasteiger partial charge in [0, 0.05) is 26.2 Å². The molecule has 0 spiro atoms. The van der Waals surface area contributed by atoms with Gasteiger partial charge in [0.25, 0.3) is 0 Å². The van der Waals surface area contributed by atoms with Crippen LogP contribution in [0.15, 0.2) is 0 Å². The summed E-state index contributed by atoms with van der Waals surface area (Å²) in [7, 11) is 1.68. The Labute approximate surface area is 92.5 Å². The van der Waals surface area contributed by atoms with Crippen LogP contribution in [0.5, 0.6) is 0 Å². The molecule has 0 amide bonds. The van der Waals surface area contributed by atoms with Crippen molar-refractivity contribution in [2.45, 2.75) is 26.0 Å². The molecule has 0 aromatic carbocycles. The molecular weight excluding hydrogens is 194 g/mol. The molecule has 0 aromatic heterocycles. The predicted molar refractivity (Wildman–Crippen MR) is 59.1 cm³/mol. The molecule has 0 radical (unpaired) electrons. The van der Waals surface area contributed by atoms with Crippen molar-refractivity contribution >= 4 is 0 Å². The summed E-state index contributed by atoms with van der Waals surface area (Å²) in [5, 5.41) is 0. The number of rotatable bonds is 6. The molecule has 4 nitrogen and oxygen atoms in total. The molecule has 1 saturated heterocycles. The highest BCUT2D eigenvalue weighted by Crippen LogP contribution is 2.08. The van der Waals surface area contributed by atoms with Crippen LogP contribution in [0, 0.1) is 0 Å². The van der Waals surface area contributed by atoms with Crippen molar-refractivity contribution in [3.05, 3.63) is 0 Å². The molecule has 90 valence electrons. The van der Waals surface area contributed by atoms with Gasteiger partial charge in [-0.1, -0.05) is 0 Å². The highest BCUT2D eigenvalue weighted by molar-refractivity contribution is 4.73. The van der Waals surface area contributed by atoms with E-state index in [1.807, 2.05) is 0 Å². The maximum absolute atomic E-state index is 5.63. The normalized spacial score (nSPS) is 23.6. The van der Waals surface area contributed by atoms with Crippen LogP contribution in [-0.2, 0) is 14.2 Å². The first-order chi connectivity index (χ1) is 7.24. The molecule has 1 atom stereocenters. The topological polar surface area (TPSA) is 30.9 Å². The van der Waals surface area contributed by atoms with E-state index in [2.05, 4.69) is 18.7 Å². The lowest BCUT2D eigenvalue weighted by molar-refractivity contribution is -0.0799. The molecule has 4 heteroatoms. The Balaban J connectivity index is 2.13. The van der Waals surface area contributed by atoms with Crippen LogP contribution in [-0.4, -0.2) is 63.7 Å². The maximum Gasteiger partial charge on any atom is 0.0935 e. The van der Waals surface area contributed by atoms with Crippen LogP contribution in [0.4, 0.5) is 0 Å². The average molecular weight is 217 g/mol. The maximum atomic E-state index is 5.63. The van der Waals surface area contributed by atoms with Crippen molar-refractivity contribution in [2.75, 3.05) is 46.6 Å². The summed E-state index contributed by atoms with van der Waals surface area (Å²) in [6, 6.07) is 0.593. The molecule has 1 rings (SSSR count). The zero-order chi connectivity index (χ0) is 11.1. The fraction of sp³-hybridized carbons (Fsp3) is 1.00. The van der Waals surface area contributed by atoms with Crippen LogP contribution in [0.3, 0.4) is 0 Å². The zero-order valence-electron chi connectivity index (χ0n) is 10.1. The predicted octanol–water partition coefficient (Wildman–Crippen LogP) is 0.759. The Bertz CT molecular complexity index is 164. The summed E-state index contributed by atoms with van der Waals surface area (Å²) in [5.41, 5.74) is 0. The standard InChI is InChI=1S/C11H23NO3/c1-10(2)12-4-5-15-11(8-12)9-14-7-6-13-3/h10-11H,4-9H2,1-3H3. The summed E-state index contributed by atoms with van der Waals surface area (Å²) >= 11 is 0. The van der Waals surface area contributed by atoms with Crippen molar-refractivity contribution in [2.24, 2.45) is 0 Å². The van der Waals surface area contributed by atoms with Crippen LogP contribution in [0.25, 0.3) is 0 Å². The first-order valence-electron chi connectivity index (χ1n) is 5.66. The Morgan fingerprint density at radius 3 is 2.87 bits per heavy atom. The molecular formula is C11H23NO3. The van der Waals surface area contributed by atoms with E-state index in [9.17, 15) is 0 Å². The molecule has 1 aliphatic heterocycles. The van der Waals surface area contributed by atoms with Crippen molar-refractivity contribution in [1.82, 2.24) is 4.90 Å². The van der Waals surface area contributed by atoms with Crippen molar-refractivity contribution in [1.29, 1.82) is 0 Å². The van der Waals surface area contributed by atoms with Crippen LogP contribution in [0.1, 0.15) is 13.8 Å². The number of hydrogen-bond donors (Lipinski definition) is 0. The molecule has 0 saturated carbocycles. The summed E-state index contributed by atoms with van der Waals surface area (Å²) in [4.78, 5) is 2.42. The Kier molecular flexibility index (Phi) is 6.17. The number of ether oxygens (including phenoxy) is 3. The first kappa shape index (κ1) is 12.9. The quantitative estimate of drug-likeness (QED) is 0.615. The highest BCUT2D eigenvalue weighted by Gasteiger charge is 2.21. The molecule has 1 fully saturated rings. The van der Waals surface area contributed by atoms with Crippen LogP contribution >= 0.6 is 0 Å². The molecule has 0 aliphatic carbocycles. The van der Waals surface area contributed by atoms with E-state index in [0.29, 0.717) is 25.9 Å². The minimum absolute atomic E-state index is 0.220. The second-order valence-electron chi connectivity index (χ2n) is 4.15. The van der Waals surface area contributed by atoms with Crippen molar-refractivity contribution < 1.29 is 14.2 Å².